The maximum atomic E-state index is 12.8. The Morgan fingerprint density at radius 2 is 2.07 bits per heavy atom. The minimum atomic E-state index is 0.0183. The normalized spacial score (nSPS) is 16.5. The van der Waals surface area contributed by atoms with Crippen LogP contribution in [0.15, 0.2) is 41.4 Å². The summed E-state index contributed by atoms with van der Waals surface area (Å²) in [5, 5.41) is 9.84. The van der Waals surface area contributed by atoms with E-state index in [1.54, 1.807) is 6.20 Å². The number of aliphatic imine (C=N–C) groups is 1. The van der Waals surface area contributed by atoms with Gasteiger partial charge in [0.2, 0.25) is 5.91 Å². The summed E-state index contributed by atoms with van der Waals surface area (Å²) >= 11 is 0. The summed E-state index contributed by atoms with van der Waals surface area (Å²) in [6.45, 7) is 15.4. The lowest BCUT2D eigenvalue weighted by Crippen LogP contribution is -2.42. The molecule has 0 unspecified atom stereocenters. The average molecular weight is 408 g/mol. The number of amides is 1. The first-order chi connectivity index (χ1) is 14.2. The van der Waals surface area contributed by atoms with Crippen molar-refractivity contribution in [1.82, 2.24) is 20.4 Å². The van der Waals surface area contributed by atoms with Crippen LogP contribution in [0.3, 0.4) is 0 Å². The number of hydrogen-bond acceptors (Lipinski definition) is 4. The van der Waals surface area contributed by atoms with Crippen molar-refractivity contribution in [2.75, 3.05) is 19.6 Å². The molecule has 1 aliphatic heterocycles. The molecule has 0 spiro atoms. The third-order valence-electron chi connectivity index (χ3n) is 5.48. The number of nitrogens with one attached hydrogen (secondary N) is 2. The van der Waals surface area contributed by atoms with Gasteiger partial charge in [-0.3, -0.25) is 9.89 Å². The van der Waals surface area contributed by atoms with Crippen molar-refractivity contribution in [3.8, 4) is 11.1 Å². The second-order valence-corrected chi connectivity index (χ2v) is 9.35. The maximum absolute atomic E-state index is 12.8. The van der Waals surface area contributed by atoms with Crippen molar-refractivity contribution in [3.05, 3.63) is 47.5 Å². The number of aromatic nitrogens is 2. The van der Waals surface area contributed by atoms with Gasteiger partial charge in [0.1, 0.15) is 5.82 Å². The van der Waals surface area contributed by atoms with Crippen LogP contribution in [0.2, 0.25) is 0 Å². The molecular weight excluding hydrogens is 374 g/mol. The largest absolute Gasteiger partial charge is 0.310 e. The minimum Gasteiger partial charge on any atom is -0.310 e. The number of carbonyl (C=O) groups is 1. The molecule has 0 saturated carbocycles. The number of aromatic amines is 1. The summed E-state index contributed by atoms with van der Waals surface area (Å²) < 4.78 is 0. The first-order valence-electron chi connectivity index (χ1n) is 10.6. The van der Waals surface area contributed by atoms with Crippen LogP contribution in [-0.2, 0) is 4.79 Å². The number of H-pyrrole nitrogens is 1. The Hall–Kier alpha value is -2.73. The number of piperidine rings is 1. The molecule has 6 heteroatoms. The van der Waals surface area contributed by atoms with Gasteiger partial charge in [0, 0.05) is 24.2 Å². The van der Waals surface area contributed by atoms with E-state index in [2.05, 4.69) is 71.1 Å². The average Bonchev–Trinajstić information content (AvgIpc) is 3.23. The fourth-order valence-electron chi connectivity index (χ4n) is 3.91. The van der Waals surface area contributed by atoms with Crippen molar-refractivity contribution in [2.24, 2.45) is 16.3 Å². The zero-order valence-corrected chi connectivity index (χ0v) is 18.5. The van der Waals surface area contributed by atoms with Crippen LogP contribution in [0.25, 0.3) is 17.2 Å². The third kappa shape index (κ3) is 5.89. The lowest BCUT2D eigenvalue weighted by Gasteiger charge is -2.35. The fourth-order valence-corrected chi connectivity index (χ4v) is 3.91. The predicted octanol–water partition coefficient (Wildman–Crippen LogP) is 4.26. The molecule has 0 aliphatic carbocycles. The molecule has 2 aromatic rings. The van der Waals surface area contributed by atoms with Gasteiger partial charge in [-0.05, 0) is 73.8 Å². The number of rotatable bonds is 6. The molecule has 0 atom stereocenters. The van der Waals surface area contributed by atoms with E-state index in [1.165, 1.54) is 0 Å². The number of aryl methyl sites for hydroxylation is 1. The number of benzene rings is 1. The smallest absolute Gasteiger partial charge is 0.228 e. The Kier molecular flexibility index (Phi) is 6.87. The van der Waals surface area contributed by atoms with Gasteiger partial charge in [0.15, 0.2) is 0 Å². The zero-order valence-electron chi connectivity index (χ0n) is 18.5. The Bertz CT molecular complexity index is 900. The van der Waals surface area contributed by atoms with Crippen LogP contribution in [0.1, 0.15) is 44.7 Å². The molecule has 2 N–H and O–H groups in total. The zero-order chi connectivity index (χ0) is 21.7. The van der Waals surface area contributed by atoms with Crippen LogP contribution in [-0.4, -0.2) is 47.4 Å². The van der Waals surface area contributed by atoms with Crippen molar-refractivity contribution < 1.29 is 4.79 Å². The molecule has 0 radical (unpaired) electrons. The number of nitrogens with zero attached hydrogens (tertiary/aromatic N) is 3. The molecule has 3 rings (SSSR count). The molecule has 1 amide bonds. The van der Waals surface area contributed by atoms with E-state index < -0.39 is 0 Å². The lowest BCUT2D eigenvalue weighted by molar-refractivity contribution is -0.125. The van der Waals surface area contributed by atoms with Gasteiger partial charge in [0.05, 0.1) is 6.20 Å². The van der Waals surface area contributed by atoms with Crippen molar-refractivity contribution in [3.63, 3.8) is 0 Å². The molecule has 0 bridgehead atoms. The molecule has 1 saturated heterocycles. The highest BCUT2D eigenvalue weighted by molar-refractivity contribution is 5.82. The van der Waals surface area contributed by atoms with Gasteiger partial charge in [-0.15, -0.1) is 0 Å². The lowest BCUT2D eigenvalue weighted by atomic mass is 9.91. The van der Waals surface area contributed by atoms with E-state index in [9.17, 15) is 4.79 Å². The summed E-state index contributed by atoms with van der Waals surface area (Å²) in [5.41, 5.74) is 4.45. The van der Waals surface area contributed by atoms with E-state index in [0.717, 1.165) is 54.7 Å². The van der Waals surface area contributed by atoms with Crippen LogP contribution in [0.5, 0.6) is 0 Å². The fraction of sp³-hybridized carbons (Fsp3) is 0.458. The standard InChI is InChI=1S/C24H33N5O/c1-17-6-7-19(21-14-26-27-15-21)12-20(17)13-22(25-5)28-23(30)18-8-10-29(11-9-18)16-24(2,3)4/h6-7,12-15,18H,5,8-11,16H2,1-4H3,(H,26,27)(H,28,30)/b22-13+. The topological polar surface area (TPSA) is 73.4 Å². The number of likely N-dealkylation sites (tertiary alicyclic amines) is 1. The molecule has 1 aromatic carbocycles. The van der Waals surface area contributed by atoms with E-state index in [0.29, 0.717) is 5.82 Å². The molecule has 160 valence electrons. The Morgan fingerprint density at radius 1 is 1.33 bits per heavy atom. The van der Waals surface area contributed by atoms with Crippen molar-refractivity contribution in [2.45, 2.75) is 40.5 Å². The molecule has 2 heterocycles. The molecule has 1 aromatic heterocycles. The van der Waals surface area contributed by atoms with Crippen LogP contribution in [0.4, 0.5) is 0 Å². The molecule has 1 fully saturated rings. The summed E-state index contributed by atoms with van der Waals surface area (Å²) in [5.74, 6) is 0.544. The highest BCUT2D eigenvalue weighted by atomic mass is 16.2. The van der Waals surface area contributed by atoms with Gasteiger partial charge in [-0.1, -0.05) is 32.9 Å². The summed E-state index contributed by atoms with van der Waals surface area (Å²) in [6.07, 6.45) is 7.29. The Balaban J connectivity index is 1.66. The number of hydrogen-bond donors (Lipinski definition) is 2. The second kappa shape index (κ2) is 9.39. The third-order valence-corrected chi connectivity index (χ3v) is 5.48. The first-order valence-corrected chi connectivity index (χ1v) is 10.6. The monoisotopic (exact) mass is 407 g/mol. The van der Waals surface area contributed by atoms with Crippen LogP contribution < -0.4 is 5.32 Å². The summed E-state index contributed by atoms with van der Waals surface area (Å²) in [6, 6.07) is 6.19. The molecule has 6 nitrogen and oxygen atoms in total. The SMILES string of the molecule is C=N/C(=C\c1cc(-c2cn[nH]c2)ccc1C)NC(=O)C1CCN(CC(C)(C)C)CC1. The summed E-state index contributed by atoms with van der Waals surface area (Å²) in [7, 11) is 0. The highest BCUT2D eigenvalue weighted by Gasteiger charge is 2.27. The van der Waals surface area contributed by atoms with Crippen LogP contribution >= 0.6 is 0 Å². The van der Waals surface area contributed by atoms with Gasteiger partial charge in [-0.2, -0.15) is 5.10 Å². The Morgan fingerprint density at radius 3 is 2.67 bits per heavy atom. The van der Waals surface area contributed by atoms with E-state index in [4.69, 9.17) is 0 Å². The van der Waals surface area contributed by atoms with E-state index in [-0.39, 0.29) is 17.2 Å². The maximum Gasteiger partial charge on any atom is 0.228 e. The van der Waals surface area contributed by atoms with Crippen LogP contribution in [0, 0.1) is 18.3 Å². The second-order valence-electron chi connectivity index (χ2n) is 9.35. The van der Waals surface area contributed by atoms with Crippen molar-refractivity contribution >= 4 is 18.7 Å². The predicted molar refractivity (Wildman–Crippen MR) is 123 cm³/mol. The quantitative estimate of drug-likeness (QED) is 0.703. The summed E-state index contributed by atoms with van der Waals surface area (Å²) in [4.78, 5) is 19.3. The number of carbonyl (C=O) groups excluding carboxylic acids is 1. The molecule has 1 aliphatic rings. The highest BCUT2D eigenvalue weighted by Crippen LogP contribution is 2.24. The molecule has 30 heavy (non-hydrogen) atoms. The first kappa shape index (κ1) is 22.0. The van der Waals surface area contributed by atoms with E-state index in [1.807, 2.05) is 19.2 Å². The van der Waals surface area contributed by atoms with Gasteiger partial charge < -0.3 is 10.2 Å². The van der Waals surface area contributed by atoms with Gasteiger partial charge in [0.25, 0.3) is 0 Å². The van der Waals surface area contributed by atoms with Crippen molar-refractivity contribution in [1.29, 1.82) is 0 Å². The van der Waals surface area contributed by atoms with Gasteiger partial charge >= 0.3 is 0 Å². The Labute approximate surface area is 179 Å². The van der Waals surface area contributed by atoms with Gasteiger partial charge in [-0.25, -0.2) is 4.99 Å². The molecular formula is C24H33N5O. The minimum absolute atomic E-state index is 0.0183. The van der Waals surface area contributed by atoms with E-state index >= 15 is 0 Å².